The summed E-state index contributed by atoms with van der Waals surface area (Å²) in [5.74, 6) is -0.410. The summed E-state index contributed by atoms with van der Waals surface area (Å²) in [5, 5.41) is 10.7. The molecule has 4 atom stereocenters. The van der Waals surface area contributed by atoms with Crippen molar-refractivity contribution in [3.63, 3.8) is 0 Å². The lowest BCUT2D eigenvalue weighted by Gasteiger charge is -2.44. The third-order valence-electron chi connectivity index (χ3n) is 4.23. The molecule has 1 aromatic heterocycles. The molecule has 1 aromatic rings. The predicted octanol–water partition coefficient (Wildman–Crippen LogP) is -0.224. The first kappa shape index (κ1) is 9.09. The molecule has 1 saturated carbocycles. The van der Waals surface area contributed by atoms with Crippen LogP contribution in [0.1, 0.15) is 17.3 Å². The SMILES string of the molecule is CN1C(=O)[C@H]2[C@@H]3C=Cc4n[nH]nc4[C@@H]3[C@H]2C1=O. The van der Waals surface area contributed by atoms with Gasteiger partial charge in [-0.15, -0.1) is 0 Å². The maximum atomic E-state index is 12.0. The van der Waals surface area contributed by atoms with Crippen molar-refractivity contribution < 1.29 is 9.59 Å². The summed E-state index contributed by atoms with van der Waals surface area (Å²) in [5.41, 5.74) is 1.62. The van der Waals surface area contributed by atoms with Crippen LogP contribution < -0.4 is 0 Å². The fraction of sp³-hybridized carbons (Fsp3) is 0.455. The Labute approximate surface area is 96.7 Å². The minimum absolute atomic E-state index is 0.0279. The Morgan fingerprint density at radius 3 is 2.76 bits per heavy atom. The lowest BCUT2D eigenvalue weighted by atomic mass is 9.55. The molecule has 6 heteroatoms. The summed E-state index contributed by atoms with van der Waals surface area (Å²) < 4.78 is 0. The molecule has 2 amide bonds. The number of H-pyrrole nitrogens is 1. The van der Waals surface area contributed by atoms with Crippen LogP contribution in [0.5, 0.6) is 0 Å². The van der Waals surface area contributed by atoms with E-state index >= 15 is 0 Å². The molecule has 6 nitrogen and oxygen atoms in total. The number of amides is 2. The van der Waals surface area contributed by atoms with E-state index in [4.69, 9.17) is 0 Å². The number of hydrogen-bond acceptors (Lipinski definition) is 4. The van der Waals surface area contributed by atoms with Crippen molar-refractivity contribution in [2.24, 2.45) is 17.8 Å². The van der Waals surface area contributed by atoms with Crippen LogP contribution in [0.15, 0.2) is 6.08 Å². The topological polar surface area (TPSA) is 79.0 Å². The van der Waals surface area contributed by atoms with Gasteiger partial charge in [-0.2, -0.15) is 15.4 Å². The van der Waals surface area contributed by atoms with Crippen LogP contribution in [0.2, 0.25) is 0 Å². The first-order chi connectivity index (χ1) is 8.20. The second-order valence-corrected chi connectivity index (χ2v) is 4.84. The average molecular weight is 230 g/mol. The monoisotopic (exact) mass is 230 g/mol. The number of carbonyl (C=O) groups excluding carboxylic acids is 2. The molecular formula is C11H10N4O2. The van der Waals surface area contributed by atoms with Crippen molar-refractivity contribution in [2.75, 3.05) is 7.05 Å². The number of likely N-dealkylation sites (tertiary alicyclic amines) is 1. The predicted molar refractivity (Wildman–Crippen MR) is 56.4 cm³/mol. The molecule has 0 unspecified atom stereocenters. The minimum Gasteiger partial charge on any atom is -0.285 e. The number of carbonyl (C=O) groups is 2. The molecular weight excluding hydrogens is 220 g/mol. The summed E-state index contributed by atoms with van der Waals surface area (Å²) in [6, 6.07) is 0. The zero-order chi connectivity index (χ0) is 11.7. The second kappa shape index (κ2) is 2.64. The number of rotatable bonds is 0. The highest BCUT2D eigenvalue weighted by Gasteiger charge is 2.64. The highest BCUT2D eigenvalue weighted by molar-refractivity contribution is 6.07. The molecule has 2 fully saturated rings. The quantitative estimate of drug-likeness (QED) is 0.625. The van der Waals surface area contributed by atoms with Crippen LogP contribution in [0.25, 0.3) is 6.08 Å². The molecule has 2 aliphatic carbocycles. The van der Waals surface area contributed by atoms with Crippen molar-refractivity contribution in [3.8, 4) is 0 Å². The van der Waals surface area contributed by atoms with Crippen molar-refractivity contribution in [1.29, 1.82) is 0 Å². The number of hydrogen-bond donors (Lipinski definition) is 1. The molecule has 0 radical (unpaired) electrons. The number of aromatic nitrogens is 3. The Morgan fingerprint density at radius 1 is 1.18 bits per heavy atom. The summed E-state index contributed by atoms with van der Waals surface area (Å²) >= 11 is 0. The van der Waals surface area contributed by atoms with E-state index in [0.29, 0.717) is 0 Å². The Bertz CT molecular complexity index is 576. The highest BCUT2D eigenvalue weighted by Crippen LogP contribution is 2.58. The Morgan fingerprint density at radius 2 is 1.94 bits per heavy atom. The first-order valence-electron chi connectivity index (χ1n) is 5.60. The maximum Gasteiger partial charge on any atom is 0.233 e. The van der Waals surface area contributed by atoms with Gasteiger partial charge in [0.05, 0.1) is 17.5 Å². The Hall–Kier alpha value is -1.98. The van der Waals surface area contributed by atoms with Gasteiger partial charge in [0.15, 0.2) is 0 Å². The summed E-state index contributed by atoms with van der Waals surface area (Å²) in [7, 11) is 1.56. The van der Waals surface area contributed by atoms with Crippen LogP contribution in [0.3, 0.4) is 0 Å². The summed E-state index contributed by atoms with van der Waals surface area (Å²) in [6.07, 6.45) is 3.87. The Balaban J connectivity index is 1.84. The van der Waals surface area contributed by atoms with E-state index in [1.807, 2.05) is 12.2 Å². The molecule has 1 N–H and O–H groups in total. The fourth-order valence-corrected chi connectivity index (χ4v) is 3.37. The maximum absolute atomic E-state index is 12.0. The average Bonchev–Trinajstić information content (AvgIpc) is 2.80. The van der Waals surface area contributed by atoms with Crippen molar-refractivity contribution in [3.05, 3.63) is 17.5 Å². The number of allylic oxidation sites excluding steroid dienone is 1. The molecule has 17 heavy (non-hydrogen) atoms. The van der Waals surface area contributed by atoms with Gasteiger partial charge in [0, 0.05) is 13.0 Å². The van der Waals surface area contributed by atoms with Gasteiger partial charge in [0.25, 0.3) is 0 Å². The summed E-state index contributed by atoms with van der Waals surface area (Å²) in [4.78, 5) is 25.1. The van der Waals surface area contributed by atoms with Crippen LogP contribution in [-0.4, -0.2) is 39.2 Å². The third-order valence-corrected chi connectivity index (χ3v) is 4.23. The normalized spacial score (nSPS) is 37.6. The number of imide groups is 1. The van der Waals surface area contributed by atoms with Gasteiger partial charge in [0.1, 0.15) is 5.69 Å². The molecule has 3 aliphatic rings. The van der Waals surface area contributed by atoms with Crippen LogP contribution >= 0.6 is 0 Å². The van der Waals surface area contributed by atoms with Crippen LogP contribution in [0, 0.1) is 17.8 Å². The van der Waals surface area contributed by atoms with Gasteiger partial charge in [-0.3, -0.25) is 14.5 Å². The number of fused-ring (bicyclic) bond motifs is 6. The molecule has 0 aromatic carbocycles. The zero-order valence-corrected chi connectivity index (χ0v) is 9.12. The van der Waals surface area contributed by atoms with Gasteiger partial charge in [-0.05, 0) is 12.0 Å². The largest absolute Gasteiger partial charge is 0.285 e. The third kappa shape index (κ3) is 0.843. The number of nitrogens with one attached hydrogen (secondary N) is 1. The van der Waals surface area contributed by atoms with E-state index in [9.17, 15) is 9.59 Å². The van der Waals surface area contributed by atoms with Gasteiger partial charge in [-0.1, -0.05) is 6.08 Å². The van der Waals surface area contributed by atoms with Crippen molar-refractivity contribution in [2.45, 2.75) is 5.92 Å². The molecule has 0 spiro atoms. The van der Waals surface area contributed by atoms with E-state index in [0.717, 1.165) is 11.4 Å². The van der Waals surface area contributed by atoms with Crippen LogP contribution in [-0.2, 0) is 9.59 Å². The molecule has 0 bridgehead atoms. The van der Waals surface area contributed by atoms with Gasteiger partial charge < -0.3 is 0 Å². The van der Waals surface area contributed by atoms with E-state index in [1.165, 1.54) is 4.90 Å². The van der Waals surface area contributed by atoms with E-state index < -0.39 is 0 Å². The number of nitrogens with zero attached hydrogens (tertiary/aromatic N) is 3. The Kier molecular flexibility index (Phi) is 1.41. The van der Waals surface area contributed by atoms with E-state index in [-0.39, 0.29) is 35.5 Å². The van der Waals surface area contributed by atoms with Crippen molar-refractivity contribution in [1.82, 2.24) is 20.3 Å². The first-order valence-corrected chi connectivity index (χ1v) is 5.60. The lowest BCUT2D eigenvalue weighted by molar-refractivity contribution is -0.137. The highest BCUT2D eigenvalue weighted by atomic mass is 16.2. The second-order valence-electron chi connectivity index (χ2n) is 4.84. The number of aromatic amines is 1. The molecule has 86 valence electrons. The molecule has 1 aliphatic heterocycles. The fourth-order valence-electron chi connectivity index (χ4n) is 3.37. The van der Waals surface area contributed by atoms with Crippen molar-refractivity contribution >= 4 is 17.9 Å². The lowest BCUT2D eigenvalue weighted by Crippen LogP contribution is -2.47. The molecule has 1 saturated heterocycles. The smallest absolute Gasteiger partial charge is 0.233 e. The summed E-state index contributed by atoms with van der Waals surface area (Å²) in [6.45, 7) is 0. The zero-order valence-electron chi connectivity index (χ0n) is 9.12. The molecule has 4 rings (SSSR count). The minimum atomic E-state index is -0.230. The molecule has 2 heterocycles. The van der Waals surface area contributed by atoms with Gasteiger partial charge in [0.2, 0.25) is 11.8 Å². The standard InChI is InChI=1S/C11H10N4O2/c1-15-10(16)7-4-2-3-5-9(13-14-12-5)6(4)8(7)11(15)17/h2-4,6-8H,1H3,(H,12,13,14)/t4-,6+,7+,8-/m1/s1. The van der Waals surface area contributed by atoms with Crippen LogP contribution in [0.4, 0.5) is 0 Å². The van der Waals surface area contributed by atoms with Gasteiger partial charge in [-0.25, -0.2) is 0 Å². The van der Waals surface area contributed by atoms with E-state index in [1.54, 1.807) is 7.05 Å². The van der Waals surface area contributed by atoms with E-state index in [2.05, 4.69) is 15.4 Å². The van der Waals surface area contributed by atoms with Gasteiger partial charge >= 0.3 is 0 Å².